The summed E-state index contributed by atoms with van der Waals surface area (Å²) < 4.78 is 33.2. The fraction of sp³-hybridized carbons (Fsp3) is 0.659. The maximum Gasteiger partial charge on any atom is 0.347 e. The van der Waals surface area contributed by atoms with Crippen LogP contribution < -0.4 is 4.74 Å². The second kappa shape index (κ2) is 16.2. The number of carbonyl (C=O) groups excluding carboxylic acids is 1. The van der Waals surface area contributed by atoms with Crippen LogP contribution in [0.25, 0.3) is 10.8 Å². The van der Waals surface area contributed by atoms with Gasteiger partial charge >= 0.3 is 5.97 Å². The van der Waals surface area contributed by atoms with E-state index in [1.165, 1.54) is 5.57 Å². The summed E-state index contributed by atoms with van der Waals surface area (Å²) in [6.07, 6.45) is 11.3. The molecule has 1 unspecified atom stereocenters. The number of hydrogen-bond donors (Lipinski definition) is 0. The number of hydrogen-bond acceptors (Lipinski definition) is 6. The molecule has 8 atom stereocenters. The van der Waals surface area contributed by atoms with Crippen LogP contribution in [0.3, 0.4) is 0 Å². The molecule has 2 aliphatic carbocycles. The van der Waals surface area contributed by atoms with Gasteiger partial charge in [-0.2, -0.15) is 0 Å². The lowest BCUT2D eigenvalue weighted by atomic mass is 9.66. The molecule has 3 aliphatic rings. The van der Waals surface area contributed by atoms with Gasteiger partial charge in [-0.3, -0.25) is 0 Å². The summed E-state index contributed by atoms with van der Waals surface area (Å²) in [5.41, 5.74) is 1.24. The summed E-state index contributed by atoms with van der Waals surface area (Å²) in [4.78, 5) is 14.1. The Labute approximate surface area is 317 Å². The first-order valence-electron chi connectivity index (χ1n) is 20.0. The Morgan fingerprint density at radius 1 is 0.904 bits per heavy atom. The Balaban J connectivity index is 1.35. The fourth-order valence-corrected chi connectivity index (χ4v) is 10.3. The number of fused-ring (bicyclic) bond motifs is 2. The number of rotatable bonds is 12. The first-order chi connectivity index (χ1) is 24.3. The van der Waals surface area contributed by atoms with E-state index in [-0.39, 0.29) is 46.4 Å². The zero-order valence-electron chi connectivity index (χ0n) is 34.3. The first kappa shape index (κ1) is 40.9. The van der Waals surface area contributed by atoms with E-state index in [2.05, 4.69) is 105 Å². The Hall–Kier alpha value is -2.24. The Bertz CT molecular complexity index is 1580. The Morgan fingerprint density at radius 2 is 1.58 bits per heavy atom. The minimum absolute atomic E-state index is 0.0706. The third kappa shape index (κ3) is 9.70. The lowest BCUT2D eigenvalue weighted by molar-refractivity contribution is -0.163. The van der Waals surface area contributed by atoms with Crippen molar-refractivity contribution in [2.24, 2.45) is 17.8 Å². The lowest BCUT2D eigenvalue weighted by Gasteiger charge is -2.46. The van der Waals surface area contributed by atoms with Gasteiger partial charge in [-0.25, -0.2) is 4.79 Å². The van der Waals surface area contributed by atoms with Crippen molar-refractivity contribution >= 4 is 33.4 Å². The second-order valence-corrected chi connectivity index (χ2v) is 28.3. The van der Waals surface area contributed by atoms with Crippen molar-refractivity contribution in [2.75, 3.05) is 6.61 Å². The highest BCUT2D eigenvalue weighted by molar-refractivity contribution is 6.74. The predicted octanol–water partition coefficient (Wildman–Crippen LogP) is 11.4. The molecular weight excluding hydrogens is 681 g/mol. The quantitative estimate of drug-likeness (QED) is 0.159. The van der Waals surface area contributed by atoms with Gasteiger partial charge in [0.1, 0.15) is 11.9 Å². The SMILES string of the molecule is CCC(Oc1ccc2ccccc2c1)C(=O)O[C@H]1C[C@H](O[Si](C)(C)C(C)(C)C)C=C2C=C[C@H](C)[C@H](CC[C@@H]3C[C@H](O[Si](C)(C)C(C)(C)C)CCO3)[C@H]21. The molecule has 0 saturated carbocycles. The largest absolute Gasteiger partial charge is 0.479 e. The number of esters is 1. The van der Waals surface area contributed by atoms with E-state index in [0.717, 1.165) is 43.1 Å². The van der Waals surface area contributed by atoms with Gasteiger partial charge in [-0.15, -0.1) is 0 Å². The molecule has 1 aliphatic heterocycles. The molecule has 6 nitrogen and oxygen atoms in total. The maximum absolute atomic E-state index is 14.1. The molecule has 1 fully saturated rings. The van der Waals surface area contributed by atoms with E-state index in [9.17, 15) is 4.79 Å². The van der Waals surface area contributed by atoms with Gasteiger partial charge in [0.15, 0.2) is 22.7 Å². The average Bonchev–Trinajstić information content (AvgIpc) is 3.05. The van der Waals surface area contributed by atoms with E-state index in [1.54, 1.807) is 0 Å². The molecule has 1 saturated heterocycles. The van der Waals surface area contributed by atoms with Gasteiger partial charge < -0.3 is 23.1 Å². The van der Waals surface area contributed by atoms with Crippen molar-refractivity contribution < 1.29 is 27.9 Å². The van der Waals surface area contributed by atoms with E-state index >= 15 is 0 Å². The summed E-state index contributed by atoms with van der Waals surface area (Å²) in [6, 6.07) is 14.2. The molecule has 0 amide bonds. The van der Waals surface area contributed by atoms with Crippen LogP contribution in [0.4, 0.5) is 0 Å². The molecule has 288 valence electrons. The van der Waals surface area contributed by atoms with Crippen molar-refractivity contribution in [1.29, 1.82) is 0 Å². The van der Waals surface area contributed by atoms with E-state index in [4.69, 9.17) is 23.1 Å². The van der Waals surface area contributed by atoms with E-state index < -0.39 is 22.7 Å². The van der Waals surface area contributed by atoms with Gasteiger partial charge in [-0.1, -0.05) is 104 Å². The minimum Gasteiger partial charge on any atom is -0.479 e. The molecule has 0 spiro atoms. The summed E-state index contributed by atoms with van der Waals surface area (Å²) in [5.74, 6) is 1.13. The van der Waals surface area contributed by atoms with Crippen LogP contribution in [0.5, 0.6) is 5.75 Å². The summed E-state index contributed by atoms with van der Waals surface area (Å²) in [6.45, 7) is 28.1. The van der Waals surface area contributed by atoms with E-state index in [1.807, 2.05) is 37.3 Å². The Morgan fingerprint density at radius 3 is 2.25 bits per heavy atom. The Kier molecular flexibility index (Phi) is 12.8. The molecule has 0 N–H and O–H groups in total. The van der Waals surface area contributed by atoms with Gasteiger partial charge in [-0.05, 0) is 109 Å². The molecule has 0 aromatic heterocycles. The van der Waals surface area contributed by atoms with Crippen LogP contribution >= 0.6 is 0 Å². The molecule has 0 radical (unpaired) electrons. The molecule has 52 heavy (non-hydrogen) atoms. The van der Waals surface area contributed by atoms with Crippen molar-refractivity contribution in [1.82, 2.24) is 0 Å². The van der Waals surface area contributed by atoms with Crippen LogP contribution in [0.15, 0.2) is 66.3 Å². The molecule has 2 aromatic carbocycles. The maximum atomic E-state index is 14.1. The predicted molar refractivity (Wildman–Crippen MR) is 219 cm³/mol. The molecule has 1 heterocycles. The van der Waals surface area contributed by atoms with Crippen molar-refractivity contribution in [3.8, 4) is 5.75 Å². The van der Waals surface area contributed by atoms with Crippen LogP contribution in [-0.2, 0) is 23.1 Å². The average molecular weight is 749 g/mol. The van der Waals surface area contributed by atoms with Gasteiger partial charge in [0.25, 0.3) is 0 Å². The second-order valence-electron chi connectivity index (χ2n) is 18.8. The van der Waals surface area contributed by atoms with Crippen molar-refractivity contribution in [3.05, 3.63) is 66.3 Å². The summed E-state index contributed by atoms with van der Waals surface area (Å²) in [5, 5.41) is 2.48. The molecule has 0 bridgehead atoms. The van der Waals surface area contributed by atoms with Crippen molar-refractivity contribution in [2.45, 2.75) is 161 Å². The molecule has 8 heteroatoms. The highest BCUT2D eigenvalue weighted by Crippen LogP contribution is 2.47. The van der Waals surface area contributed by atoms with Gasteiger partial charge in [0.05, 0.1) is 12.2 Å². The zero-order valence-corrected chi connectivity index (χ0v) is 36.3. The van der Waals surface area contributed by atoms with Crippen LogP contribution in [-0.4, -0.2) is 59.7 Å². The molecule has 5 rings (SSSR count). The summed E-state index contributed by atoms with van der Waals surface area (Å²) in [7, 11) is -3.95. The van der Waals surface area contributed by atoms with Crippen LogP contribution in [0.1, 0.15) is 93.9 Å². The topological polar surface area (TPSA) is 63.2 Å². The third-order valence-electron chi connectivity index (χ3n) is 12.9. The van der Waals surface area contributed by atoms with Gasteiger partial charge in [0, 0.05) is 25.0 Å². The van der Waals surface area contributed by atoms with Crippen LogP contribution in [0.2, 0.25) is 36.3 Å². The molecular formula is C44H68O6Si2. The minimum atomic E-state index is -2.08. The molecule has 2 aromatic rings. The normalized spacial score (nSPS) is 27.8. The lowest BCUT2D eigenvalue weighted by Crippen LogP contribution is -2.49. The monoisotopic (exact) mass is 748 g/mol. The van der Waals surface area contributed by atoms with E-state index in [0.29, 0.717) is 30.4 Å². The highest BCUT2D eigenvalue weighted by Gasteiger charge is 2.46. The first-order valence-corrected chi connectivity index (χ1v) is 25.8. The number of carbonyl (C=O) groups is 1. The number of allylic oxidation sites excluding steroid dienone is 2. The fourth-order valence-electron chi connectivity index (χ4n) is 7.66. The van der Waals surface area contributed by atoms with Crippen molar-refractivity contribution in [3.63, 3.8) is 0 Å². The number of benzene rings is 2. The highest BCUT2D eigenvalue weighted by atomic mass is 28.4. The number of ether oxygens (including phenoxy) is 3. The zero-order chi connectivity index (χ0) is 38.1. The smallest absolute Gasteiger partial charge is 0.347 e. The van der Waals surface area contributed by atoms with Crippen LogP contribution in [0, 0.1) is 17.8 Å². The third-order valence-corrected chi connectivity index (χ3v) is 22.0. The van der Waals surface area contributed by atoms with Gasteiger partial charge in [0.2, 0.25) is 0 Å². The standard InChI is InChI=1S/C44H68O6Si2/c1-13-39(47-35-21-20-31-16-14-15-17-32(31)26-35)42(45)48-40-29-37(50-52(11,12)44(6,7)8)27-33-19-18-30(2)38(41(33)40)23-22-34-28-36(24-25-46-34)49-51(9,10)43(3,4)5/h14-21,26-27,30,34,36-41H,13,22-25,28-29H2,1-12H3/t30-,34+,36+,37+,38-,39?,40-,41-/m0/s1. The summed E-state index contributed by atoms with van der Waals surface area (Å²) >= 11 is 0.